The van der Waals surface area contributed by atoms with Gasteiger partial charge < -0.3 is 9.47 Å². The summed E-state index contributed by atoms with van der Waals surface area (Å²) in [4.78, 5) is 2.51. The number of benzene rings is 10. The van der Waals surface area contributed by atoms with Crippen molar-refractivity contribution in [3.63, 3.8) is 0 Å². The van der Waals surface area contributed by atoms with Crippen molar-refractivity contribution < 1.29 is 0 Å². The zero-order chi connectivity index (χ0) is 41.9. The number of fused-ring (bicyclic) bond motifs is 16. The fraction of sp³-hybridized carbons (Fsp3) is 0.0164. The van der Waals surface area contributed by atoms with Crippen molar-refractivity contribution in [3.8, 4) is 39.1 Å². The fourth-order valence-electron chi connectivity index (χ4n) is 11.4. The summed E-state index contributed by atoms with van der Waals surface area (Å²) in [5, 5.41) is 5.09. The first kappa shape index (κ1) is 35.6. The van der Waals surface area contributed by atoms with Crippen LogP contribution in [0, 0.1) is 0 Å². The van der Waals surface area contributed by atoms with E-state index in [1.807, 2.05) is 11.3 Å². The highest BCUT2D eigenvalue weighted by Crippen LogP contribution is 2.64. The molecule has 64 heavy (non-hydrogen) atoms. The lowest BCUT2D eigenvalue weighted by molar-refractivity contribution is 0.794. The highest BCUT2D eigenvalue weighted by molar-refractivity contribution is 7.25. The summed E-state index contributed by atoms with van der Waals surface area (Å²) in [6.45, 7) is 0. The van der Waals surface area contributed by atoms with Crippen molar-refractivity contribution in [3.05, 3.63) is 253 Å². The van der Waals surface area contributed by atoms with E-state index in [1.165, 1.54) is 97.6 Å². The van der Waals surface area contributed by atoms with Crippen LogP contribution in [-0.4, -0.2) is 4.57 Å². The first-order valence-electron chi connectivity index (χ1n) is 22.1. The third kappa shape index (κ3) is 4.85. The lowest BCUT2D eigenvalue weighted by Crippen LogP contribution is -2.26. The molecule has 14 rings (SSSR count). The Bertz CT molecular complexity index is 3790. The second-order valence-corrected chi connectivity index (χ2v) is 18.3. The van der Waals surface area contributed by atoms with Crippen LogP contribution >= 0.6 is 11.3 Å². The molecule has 2 aliphatic carbocycles. The molecule has 2 nitrogen and oxygen atoms in total. The van der Waals surface area contributed by atoms with Gasteiger partial charge in [-0.05, 0) is 117 Å². The number of rotatable bonds is 5. The predicted molar refractivity (Wildman–Crippen MR) is 270 cm³/mol. The molecule has 10 aromatic carbocycles. The lowest BCUT2D eigenvalue weighted by atomic mass is 9.70. The van der Waals surface area contributed by atoms with Crippen LogP contribution in [0.4, 0.5) is 17.1 Å². The molecule has 0 saturated heterocycles. The molecule has 0 saturated carbocycles. The first-order valence-corrected chi connectivity index (χ1v) is 22.9. The molecule has 0 unspecified atom stereocenters. The number of thiophene rings is 1. The lowest BCUT2D eigenvalue weighted by Gasteiger charge is -2.32. The van der Waals surface area contributed by atoms with E-state index < -0.39 is 5.41 Å². The van der Waals surface area contributed by atoms with Crippen molar-refractivity contribution >= 4 is 70.4 Å². The summed E-state index contributed by atoms with van der Waals surface area (Å²) in [6, 6.07) is 85.8. The van der Waals surface area contributed by atoms with Gasteiger partial charge in [0.15, 0.2) is 0 Å². The van der Waals surface area contributed by atoms with Crippen LogP contribution in [0.15, 0.2) is 231 Å². The largest absolute Gasteiger partial charge is 0.310 e. The molecule has 0 amide bonds. The quantitative estimate of drug-likeness (QED) is 0.168. The molecule has 0 fully saturated rings. The Morgan fingerprint density at radius 2 is 0.938 bits per heavy atom. The Hall–Kier alpha value is -7.98. The van der Waals surface area contributed by atoms with Gasteiger partial charge in [-0.3, -0.25) is 0 Å². The third-order valence-corrected chi connectivity index (χ3v) is 15.1. The summed E-state index contributed by atoms with van der Waals surface area (Å²) >= 11 is 1.88. The van der Waals surface area contributed by atoms with Gasteiger partial charge in [0.25, 0.3) is 0 Å². The number of nitrogens with zero attached hydrogens (tertiary/aromatic N) is 2. The Balaban J connectivity index is 1.06. The van der Waals surface area contributed by atoms with E-state index in [1.54, 1.807) is 0 Å². The van der Waals surface area contributed by atoms with Crippen LogP contribution in [-0.2, 0) is 5.41 Å². The minimum Gasteiger partial charge on any atom is -0.310 e. The third-order valence-electron chi connectivity index (χ3n) is 14.0. The second-order valence-electron chi connectivity index (χ2n) is 17.2. The van der Waals surface area contributed by atoms with E-state index in [4.69, 9.17) is 0 Å². The zero-order valence-electron chi connectivity index (χ0n) is 34.7. The fourth-order valence-corrected chi connectivity index (χ4v) is 12.5. The highest BCUT2D eigenvalue weighted by atomic mass is 32.1. The number of hydrogen-bond donors (Lipinski definition) is 0. The van der Waals surface area contributed by atoms with Gasteiger partial charge >= 0.3 is 0 Å². The first-order chi connectivity index (χ1) is 31.8. The molecule has 0 atom stereocenters. The zero-order valence-corrected chi connectivity index (χ0v) is 35.6. The minimum absolute atomic E-state index is 0.445. The highest BCUT2D eigenvalue weighted by Gasteiger charge is 2.52. The normalized spacial score (nSPS) is 13.1. The summed E-state index contributed by atoms with van der Waals surface area (Å²) in [7, 11) is 0. The van der Waals surface area contributed by atoms with Crippen LogP contribution in [0.2, 0.25) is 0 Å². The van der Waals surface area contributed by atoms with Crippen LogP contribution in [0.3, 0.4) is 0 Å². The average molecular weight is 831 g/mol. The monoisotopic (exact) mass is 830 g/mol. The number of aromatic nitrogens is 1. The molecular formula is C61H38N2S. The smallest absolute Gasteiger partial charge is 0.0726 e. The second kappa shape index (κ2) is 13.5. The van der Waals surface area contributed by atoms with Gasteiger partial charge in [0.05, 0.1) is 22.1 Å². The van der Waals surface area contributed by atoms with Crippen molar-refractivity contribution in [2.24, 2.45) is 0 Å². The molecule has 2 heterocycles. The maximum Gasteiger partial charge on any atom is 0.0726 e. The van der Waals surface area contributed by atoms with E-state index >= 15 is 0 Å². The summed E-state index contributed by atoms with van der Waals surface area (Å²) < 4.78 is 5.07. The molecule has 3 heteroatoms. The van der Waals surface area contributed by atoms with Crippen molar-refractivity contribution in [1.82, 2.24) is 4.57 Å². The van der Waals surface area contributed by atoms with E-state index in [9.17, 15) is 0 Å². The topological polar surface area (TPSA) is 8.17 Å². The molecule has 1 spiro atoms. The molecule has 2 aliphatic rings. The van der Waals surface area contributed by atoms with Gasteiger partial charge in [-0.15, -0.1) is 11.3 Å². The van der Waals surface area contributed by atoms with Gasteiger partial charge in [0.1, 0.15) is 0 Å². The van der Waals surface area contributed by atoms with Gasteiger partial charge in [0, 0.05) is 53.6 Å². The van der Waals surface area contributed by atoms with Crippen LogP contribution in [0.25, 0.3) is 81.0 Å². The van der Waals surface area contributed by atoms with Gasteiger partial charge in [-0.25, -0.2) is 0 Å². The Kier molecular flexibility index (Phi) is 7.51. The maximum atomic E-state index is 2.51. The predicted octanol–water partition coefficient (Wildman–Crippen LogP) is 16.6. The molecule has 0 N–H and O–H groups in total. The Morgan fingerprint density at radius 3 is 1.69 bits per heavy atom. The van der Waals surface area contributed by atoms with E-state index in [-0.39, 0.29) is 0 Å². The van der Waals surface area contributed by atoms with Crippen LogP contribution < -0.4 is 4.90 Å². The van der Waals surface area contributed by atoms with Crippen LogP contribution in [0.5, 0.6) is 0 Å². The van der Waals surface area contributed by atoms with Crippen molar-refractivity contribution in [1.29, 1.82) is 0 Å². The molecule has 2 aromatic heterocycles. The summed E-state index contributed by atoms with van der Waals surface area (Å²) in [5.41, 5.74) is 19.4. The molecular weight excluding hydrogens is 793 g/mol. The molecule has 0 radical (unpaired) electrons. The minimum atomic E-state index is -0.445. The molecule has 298 valence electrons. The Morgan fingerprint density at radius 1 is 0.359 bits per heavy atom. The average Bonchev–Trinajstić information content (AvgIpc) is 4.08. The van der Waals surface area contributed by atoms with Crippen LogP contribution in [0.1, 0.15) is 22.3 Å². The SMILES string of the molecule is c1ccc(-c2ccc(N(c3ccc4c(c3)c3cc5c(cc3n4-c3ccccc3)sc3ccccc35)c3cccc4c3-c3ccccc3C43c4ccccc4-c4ccccc43)cc2)cc1. The maximum absolute atomic E-state index is 2.51. The molecule has 12 aromatic rings. The number of hydrogen-bond acceptors (Lipinski definition) is 2. The summed E-state index contributed by atoms with van der Waals surface area (Å²) in [5.74, 6) is 0. The Labute approximate surface area is 375 Å². The molecule has 0 aliphatic heterocycles. The van der Waals surface area contributed by atoms with E-state index in [0.29, 0.717) is 0 Å². The summed E-state index contributed by atoms with van der Waals surface area (Å²) in [6.07, 6.45) is 0. The van der Waals surface area contributed by atoms with Crippen molar-refractivity contribution in [2.75, 3.05) is 4.90 Å². The number of anilines is 3. The van der Waals surface area contributed by atoms with E-state index in [2.05, 4.69) is 240 Å². The van der Waals surface area contributed by atoms with Crippen molar-refractivity contribution in [2.45, 2.75) is 5.41 Å². The van der Waals surface area contributed by atoms with Gasteiger partial charge in [0.2, 0.25) is 0 Å². The number of para-hydroxylation sites is 1. The standard InChI is InChI=1S/C61H38N2S/c1-3-16-39(17-4-1)40-30-32-42(33-31-40)62(56-28-15-27-54-60(56)47-23-9-13-26-53(47)61(54)51-24-11-7-20-44(51)45-21-8-12-25-52(45)61)43-34-35-55-48(36-43)49-37-50-46-22-10-14-29-58(46)64-59(50)38-57(49)63(55)41-18-5-2-6-19-41/h1-38H. The van der Waals surface area contributed by atoms with Gasteiger partial charge in [-0.2, -0.15) is 0 Å². The van der Waals surface area contributed by atoms with E-state index in [0.717, 1.165) is 22.7 Å². The molecule has 0 bridgehead atoms. The van der Waals surface area contributed by atoms with Gasteiger partial charge in [-0.1, -0.05) is 164 Å².